The average Bonchev–Trinajstić information content (AvgIpc) is 3.42. The van der Waals surface area contributed by atoms with Gasteiger partial charge in [0.1, 0.15) is 11.5 Å². The fraction of sp³-hybridized carbons (Fsp3) is 0.316. The Morgan fingerprint density at radius 2 is 2.15 bits per heavy atom. The third-order valence-electron chi connectivity index (χ3n) is 4.60. The Hall–Kier alpha value is -3.29. The minimum absolute atomic E-state index is 0.0363. The molecule has 0 saturated carbocycles. The number of carbonyl (C=O) groups excluding carboxylic acids is 1. The van der Waals surface area contributed by atoms with Crippen molar-refractivity contribution in [2.75, 3.05) is 20.8 Å². The predicted octanol–water partition coefficient (Wildman–Crippen LogP) is 2.86. The van der Waals surface area contributed by atoms with Gasteiger partial charge < -0.3 is 23.3 Å². The van der Waals surface area contributed by atoms with E-state index in [0.29, 0.717) is 42.7 Å². The van der Waals surface area contributed by atoms with Crippen molar-refractivity contribution in [3.63, 3.8) is 0 Å². The van der Waals surface area contributed by atoms with Gasteiger partial charge in [-0.05, 0) is 30.3 Å². The fourth-order valence-corrected chi connectivity index (χ4v) is 3.21. The van der Waals surface area contributed by atoms with E-state index in [1.807, 2.05) is 18.2 Å². The molecule has 0 bridgehead atoms. The Morgan fingerprint density at radius 3 is 2.89 bits per heavy atom. The molecule has 1 aromatic carbocycles. The van der Waals surface area contributed by atoms with Gasteiger partial charge in [-0.25, -0.2) is 0 Å². The summed E-state index contributed by atoms with van der Waals surface area (Å²) in [7, 11) is 3.21. The van der Waals surface area contributed by atoms with Crippen LogP contribution >= 0.6 is 0 Å². The molecule has 0 N–H and O–H groups in total. The number of methoxy groups -OCH3 is 2. The zero-order chi connectivity index (χ0) is 18.8. The molecule has 140 valence electrons. The summed E-state index contributed by atoms with van der Waals surface area (Å²) >= 11 is 0. The smallest absolute Gasteiger partial charge is 0.293 e. The average molecular weight is 369 g/mol. The minimum atomic E-state index is -0.124. The molecule has 2 aromatic heterocycles. The Morgan fingerprint density at radius 1 is 1.26 bits per heavy atom. The van der Waals surface area contributed by atoms with Crippen molar-refractivity contribution in [1.29, 1.82) is 0 Å². The third kappa shape index (κ3) is 3.38. The Balaban J connectivity index is 1.50. The maximum Gasteiger partial charge on any atom is 0.293 e. The summed E-state index contributed by atoms with van der Waals surface area (Å²) in [5, 5.41) is 4.02. The molecular weight excluding hydrogens is 350 g/mol. The standard InChI is InChI=1S/C19H19N3O5/c1-24-14-5-6-15(25-2)12(8-14)10-22-11-13(9-17(22)23)18-20-19(27-21-18)16-4-3-7-26-16/h3-8,13H,9-11H2,1-2H3. The van der Waals surface area contributed by atoms with E-state index in [1.54, 1.807) is 37.5 Å². The van der Waals surface area contributed by atoms with Crippen LogP contribution < -0.4 is 9.47 Å². The number of amides is 1. The van der Waals surface area contributed by atoms with E-state index in [0.717, 1.165) is 11.3 Å². The van der Waals surface area contributed by atoms with Crippen LogP contribution in [0.1, 0.15) is 23.7 Å². The largest absolute Gasteiger partial charge is 0.497 e. The van der Waals surface area contributed by atoms with E-state index in [4.69, 9.17) is 18.4 Å². The lowest BCUT2D eigenvalue weighted by Gasteiger charge is -2.18. The zero-order valence-corrected chi connectivity index (χ0v) is 15.0. The molecule has 1 aliphatic heterocycles. The molecule has 1 saturated heterocycles. The Kier molecular flexibility index (Phi) is 4.53. The van der Waals surface area contributed by atoms with Crippen molar-refractivity contribution in [3.8, 4) is 23.1 Å². The summed E-state index contributed by atoms with van der Waals surface area (Å²) in [5.41, 5.74) is 0.884. The number of carbonyl (C=O) groups is 1. The highest BCUT2D eigenvalue weighted by atomic mass is 16.5. The number of aromatic nitrogens is 2. The van der Waals surface area contributed by atoms with Crippen molar-refractivity contribution in [1.82, 2.24) is 15.0 Å². The van der Waals surface area contributed by atoms with Gasteiger partial charge >= 0.3 is 0 Å². The van der Waals surface area contributed by atoms with Crippen LogP contribution in [-0.4, -0.2) is 41.7 Å². The van der Waals surface area contributed by atoms with E-state index in [1.165, 1.54) is 0 Å². The molecule has 1 fully saturated rings. The van der Waals surface area contributed by atoms with Gasteiger partial charge in [0.05, 0.1) is 20.5 Å². The summed E-state index contributed by atoms with van der Waals surface area (Å²) in [5.74, 6) is 2.68. The Labute approximate surface area is 155 Å². The second-order valence-corrected chi connectivity index (χ2v) is 6.29. The summed E-state index contributed by atoms with van der Waals surface area (Å²) in [6, 6.07) is 9.04. The number of benzene rings is 1. The zero-order valence-electron chi connectivity index (χ0n) is 15.0. The lowest BCUT2D eigenvalue weighted by Crippen LogP contribution is -2.24. The van der Waals surface area contributed by atoms with Crippen molar-refractivity contribution in [2.45, 2.75) is 18.9 Å². The van der Waals surface area contributed by atoms with Crippen LogP contribution in [0, 0.1) is 0 Å². The van der Waals surface area contributed by atoms with Crippen LogP contribution in [0.15, 0.2) is 45.5 Å². The molecule has 3 heterocycles. The van der Waals surface area contributed by atoms with Crippen molar-refractivity contribution in [3.05, 3.63) is 48.0 Å². The number of hydrogen-bond acceptors (Lipinski definition) is 7. The number of nitrogens with zero attached hydrogens (tertiary/aromatic N) is 3. The molecule has 27 heavy (non-hydrogen) atoms. The molecule has 3 aromatic rings. The van der Waals surface area contributed by atoms with Crippen LogP contribution in [0.25, 0.3) is 11.7 Å². The topological polar surface area (TPSA) is 90.8 Å². The quantitative estimate of drug-likeness (QED) is 0.660. The highest BCUT2D eigenvalue weighted by Gasteiger charge is 2.34. The highest BCUT2D eigenvalue weighted by molar-refractivity contribution is 5.79. The summed E-state index contributed by atoms with van der Waals surface area (Å²) in [4.78, 5) is 18.6. The molecule has 8 nitrogen and oxygen atoms in total. The van der Waals surface area contributed by atoms with E-state index in [9.17, 15) is 4.79 Å². The van der Waals surface area contributed by atoms with E-state index in [2.05, 4.69) is 10.1 Å². The first-order valence-electron chi connectivity index (χ1n) is 8.54. The lowest BCUT2D eigenvalue weighted by atomic mass is 10.1. The van der Waals surface area contributed by atoms with Gasteiger partial charge in [-0.2, -0.15) is 4.98 Å². The SMILES string of the molecule is COc1ccc(OC)c(CN2CC(c3noc(-c4ccco4)n3)CC2=O)c1. The third-order valence-corrected chi connectivity index (χ3v) is 4.60. The summed E-state index contributed by atoms with van der Waals surface area (Å²) < 4.78 is 21.2. The van der Waals surface area contributed by atoms with Crippen LogP contribution in [-0.2, 0) is 11.3 Å². The number of hydrogen-bond donors (Lipinski definition) is 0. The first-order chi connectivity index (χ1) is 13.2. The highest BCUT2D eigenvalue weighted by Crippen LogP contribution is 2.32. The molecule has 1 atom stereocenters. The molecule has 0 aliphatic carbocycles. The number of rotatable bonds is 6. The van der Waals surface area contributed by atoms with E-state index in [-0.39, 0.29) is 11.8 Å². The van der Waals surface area contributed by atoms with Gasteiger partial charge in [-0.1, -0.05) is 5.16 Å². The van der Waals surface area contributed by atoms with Crippen LogP contribution in [0.5, 0.6) is 11.5 Å². The first kappa shape index (κ1) is 17.1. The second-order valence-electron chi connectivity index (χ2n) is 6.29. The predicted molar refractivity (Wildman–Crippen MR) is 94.3 cm³/mol. The molecule has 1 unspecified atom stereocenters. The van der Waals surface area contributed by atoms with Crippen molar-refractivity contribution >= 4 is 5.91 Å². The second kappa shape index (κ2) is 7.14. The van der Waals surface area contributed by atoms with Gasteiger partial charge in [0.25, 0.3) is 5.89 Å². The normalized spacial score (nSPS) is 16.7. The Bertz CT molecular complexity index is 935. The van der Waals surface area contributed by atoms with E-state index < -0.39 is 0 Å². The maximum absolute atomic E-state index is 12.5. The minimum Gasteiger partial charge on any atom is -0.497 e. The number of likely N-dealkylation sites (tertiary alicyclic amines) is 1. The molecule has 0 radical (unpaired) electrons. The summed E-state index contributed by atoms with van der Waals surface area (Å²) in [6.07, 6.45) is 1.88. The van der Waals surface area contributed by atoms with Crippen LogP contribution in [0.2, 0.25) is 0 Å². The lowest BCUT2D eigenvalue weighted by molar-refractivity contribution is -0.128. The van der Waals surface area contributed by atoms with Gasteiger partial charge in [0.2, 0.25) is 5.91 Å². The fourth-order valence-electron chi connectivity index (χ4n) is 3.21. The van der Waals surface area contributed by atoms with Crippen LogP contribution in [0.3, 0.4) is 0 Å². The maximum atomic E-state index is 12.5. The first-order valence-corrected chi connectivity index (χ1v) is 8.54. The van der Waals surface area contributed by atoms with Gasteiger partial charge in [0.15, 0.2) is 11.6 Å². The number of furan rings is 1. The molecular formula is C19H19N3O5. The van der Waals surface area contributed by atoms with Gasteiger partial charge in [-0.15, -0.1) is 0 Å². The van der Waals surface area contributed by atoms with Crippen LogP contribution in [0.4, 0.5) is 0 Å². The molecule has 0 spiro atoms. The van der Waals surface area contributed by atoms with Gasteiger partial charge in [0, 0.05) is 31.0 Å². The molecule has 4 rings (SSSR count). The summed E-state index contributed by atoms with van der Waals surface area (Å²) in [6.45, 7) is 0.939. The molecule has 1 amide bonds. The molecule has 8 heteroatoms. The number of ether oxygens (including phenoxy) is 2. The monoisotopic (exact) mass is 369 g/mol. The van der Waals surface area contributed by atoms with E-state index >= 15 is 0 Å². The van der Waals surface area contributed by atoms with Crippen molar-refractivity contribution in [2.24, 2.45) is 0 Å². The van der Waals surface area contributed by atoms with Gasteiger partial charge in [-0.3, -0.25) is 4.79 Å². The van der Waals surface area contributed by atoms with Crippen molar-refractivity contribution < 1.29 is 23.2 Å². The molecule has 1 aliphatic rings.